The lowest BCUT2D eigenvalue weighted by atomic mass is 10.1. The monoisotopic (exact) mass is 220 g/mol. The maximum atomic E-state index is 11.5. The third kappa shape index (κ3) is 2.02. The normalized spacial score (nSPS) is 14.6. The highest BCUT2D eigenvalue weighted by Gasteiger charge is 2.21. The number of nitrogens with two attached hydrogens (primary N) is 1. The number of fused-ring (bicyclic) bond motifs is 1. The number of carbonyl (C=O) groups excluding carboxylic acids is 1. The van der Waals surface area contributed by atoms with Gasteiger partial charge in [0, 0.05) is 7.05 Å². The first-order valence-corrected chi connectivity index (χ1v) is 5.44. The van der Waals surface area contributed by atoms with E-state index in [-0.39, 0.29) is 12.5 Å². The fraction of sp³-hybridized carbons (Fsp3) is 0.417. The van der Waals surface area contributed by atoms with Crippen LogP contribution in [0.3, 0.4) is 0 Å². The molecule has 0 fully saturated rings. The van der Waals surface area contributed by atoms with E-state index in [1.165, 1.54) is 5.56 Å². The molecule has 4 heteroatoms. The van der Waals surface area contributed by atoms with Crippen molar-refractivity contribution in [1.29, 1.82) is 0 Å². The average Bonchev–Trinajstić information content (AvgIpc) is 2.31. The van der Waals surface area contributed by atoms with Gasteiger partial charge in [0.25, 0.3) is 5.91 Å². The van der Waals surface area contributed by atoms with E-state index in [9.17, 15) is 4.79 Å². The van der Waals surface area contributed by atoms with Crippen molar-refractivity contribution >= 4 is 11.6 Å². The van der Waals surface area contributed by atoms with Crippen LogP contribution in [-0.2, 0) is 11.2 Å². The highest BCUT2D eigenvalue weighted by Crippen LogP contribution is 2.32. The molecule has 2 rings (SSSR count). The van der Waals surface area contributed by atoms with Gasteiger partial charge in [0.15, 0.2) is 6.61 Å². The van der Waals surface area contributed by atoms with Gasteiger partial charge in [0.05, 0.1) is 5.69 Å². The number of anilines is 1. The molecular weight excluding hydrogens is 204 g/mol. The lowest BCUT2D eigenvalue weighted by Crippen LogP contribution is -2.35. The minimum absolute atomic E-state index is 0.0107. The fourth-order valence-corrected chi connectivity index (χ4v) is 1.78. The van der Waals surface area contributed by atoms with Crippen molar-refractivity contribution in [2.45, 2.75) is 12.8 Å². The van der Waals surface area contributed by atoms with Gasteiger partial charge >= 0.3 is 0 Å². The van der Waals surface area contributed by atoms with Crippen molar-refractivity contribution < 1.29 is 9.53 Å². The number of rotatable bonds is 3. The van der Waals surface area contributed by atoms with Crippen LogP contribution in [-0.4, -0.2) is 26.1 Å². The molecule has 2 N–H and O–H groups in total. The average molecular weight is 220 g/mol. The summed E-state index contributed by atoms with van der Waals surface area (Å²) >= 11 is 0. The van der Waals surface area contributed by atoms with Gasteiger partial charge in [0.2, 0.25) is 0 Å². The lowest BCUT2D eigenvalue weighted by Gasteiger charge is -2.26. The first kappa shape index (κ1) is 11.0. The highest BCUT2D eigenvalue weighted by molar-refractivity contribution is 5.97. The second kappa shape index (κ2) is 4.53. The number of hydrogen-bond acceptors (Lipinski definition) is 3. The number of nitrogens with zero attached hydrogens (tertiary/aromatic N) is 1. The van der Waals surface area contributed by atoms with Crippen molar-refractivity contribution in [2.75, 3.05) is 25.1 Å². The van der Waals surface area contributed by atoms with E-state index in [0.717, 1.165) is 24.3 Å². The van der Waals surface area contributed by atoms with Crippen LogP contribution < -0.4 is 15.4 Å². The fourth-order valence-electron chi connectivity index (χ4n) is 1.78. The van der Waals surface area contributed by atoms with Crippen molar-refractivity contribution in [1.82, 2.24) is 0 Å². The van der Waals surface area contributed by atoms with Crippen LogP contribution in [0.2, 0.25) is 0 Å². The molecule has 1 aliphatic rings. The summed E-state index contributed by atoms with van der Waals surface area (Å²) in [7, 11) is 1.77. The highest BCUT2D eigenvalue weighted by atomic mass is 16.5. The molecular formula is C12H16N2O2. The smallest absolute Gasteiger partial charge is 0.264 e. The van der Waals surface area contributed by atoms with Gasteiger partial charge in [-0.1, -0.05) is 6.07 Å². The van der Waals surface area contributed by atoms with E-state index in [4.69, 9.17) is 10.5 Å². The standard InChI is InChI=1S/C12H16N2O2/c1-14-10-7-9(3-2-6-13)4-5-11(10)16-8-12(14)15/h4-5,7H,2-3,6,8,13H2,1H3. The van der Waals surface area contributed by atoms with Crippen LogP contribution in [0.25, 0.3) is 0 Å². The zero-order valence-corrected chi connectivity index (χ0v) is 9.40. The Balaban J connectivity index is 2.25. The van der Waals surface area contributed by atoms with Crippen molar-refractivity contribution in [3.8, 4) is 5.75 Å². The molecule has 1 amide bonds. The van der Waals surface area contributed by atoms with Gasteiger partial charge in [-0.3, -0.25) is 4.79 Å². The third-order valence-electron chi connectivity index (χ3n) is 2.78. The predicted molar refractivity (Wildman–Crippen MR) is 62.7 cm³/mol. The number of benzene rings is 1. The largest absolute Gasteiger partial charge is 0.482 e. The van der Waals surface area contributed by atoms with Crippen molar-refractivity contribution in [3.63, 3.8) is 0 Å². The zero-order valence-electron chi connectivity index (χ0n) is 9.40. The van der Waals surface area contributed by atoms with E-state index in [1.54, 1.807) is 11.9 Å². The predicted octanol–water partition coefficient (Wildman–Crippen LogP) is 0.933. The summed E-state index contributed by atoms with van der Waals surface area (Å²) < 4.78 is 5.35. The Morgan fingerprint density at radius 1 is 1.50 bits per heavy atom. The van der Waals surface area contributed by atoms with Crippen LogP contribution in [0.15, 0.2) is 18.2 Å². The van der Waals surface area contributed by atoms with Crippen molar-refractivity contribution in [2.24, 2.45) is 5.73 Å². The summed E-state index contributed by atoms with van der Waals surface area (Å²) in [5.74, 6) is 0.766. The van der Waals surface area contributed by atoms with Gasteiger partial charge in [-0.05, 0) is 37.1 Å². The summed E-state index contributed by atoms with van der Waals surface area (Å²) in [5, 5.41) is 0. The van der Waals surface area contributed by atoms with Gasteiger partial charge in [0.1, 0.15) is 5.75 Å². The molecule has 0 saturated heterocycles. The van der Waals surface area contributed by atoms with E-state index in [0.29, 0.717) is 6.54 Å². The quantitative estimate of drug-likeness (QED) is 0.824. The van der Waals surface area contributed by atoms with Crippen molar-refractivity contribution in [3.05, 3.63) is 23.8 Å². The summed E-state index contributed by atoms with van der Waals surface area (Å²) in [6.45, 7) is 0.813. The first-order chi connectivity index (χ1) is 7.72. The van der Waals surface area contributed by atoms with Crippen LogP contribution in [0.5, 0.6) is 5.75 Å². The molecule has 0 saturated carbocycles. The number of hydrogen-bond donors (Lipinski definition) is 1. The van der Waals surface area contributed by atoms with Crippen LogP contribution in [0.1, 0.15) is 12.0 Å². The number of amides is 1. The second-order valence-corrected chi connectivity index (χ2v) is 3.94. The zero-order chi connectivity index (χ0) is 11.5. The summed E-state index contributed by atoms with van der Waals surface area (Å²) in [4.78, 5) is 13.1. The molecule has 0 unspecified atom stereocenters. The Hall–Kier alpha value is -1.55. The van der Waals surface area contributed by atoms with Gasteiger partial charge < -0.3 is 15.4 Å². The maximum Gasteiger partial charge on any atom is 0.264 e. The van der Waals surface area contributed by atoms with Crippen LogP contribution in [0, 0.1) is 0 Å². The van der Waals surface area contributed by atoms with E-state index < -0.39 is 0 Å². The number of aryl methyl sites for hydroxylation is 1. The molecule has 4 nitrogen and oxygen atoms in total. The topological polar surface area (TPSA) is 55.6 Å². The molecule has 0 radical (unpaired) electrons. The minimum atomic E-state index is -0.0107. The Morgan fingerprint density at radius 3 is 3.06 bits per heavy atom. The molecule has 0 aromatic heterocycles. The number of ether oxygens (including phenoxy) is 1. The van der Waals surface area contributed by atoms with Gasteiger partial charge in [-0.15, -0.1) is 0 Å². The number of carbonyl (C=O) groups is 1. The van der Waals surface area contributed by atoms with E-state index >= 15 is 0 Å². The van der Waals surface area contributed by atoms with Gasteiger partial charge in [-0.25, -0.2) is 0 Å². The second-order valence-electron chi connectivity index (χ2n) is 3.94. The van der Waals surface area contributed by atoms with E-state index in [2.05, 4.69) is 0 Å². The van der Waals surface area contributed by atoms with Crippen LogP contribution >= 0.6 is 0 Å². The first-order valence-electron chi connectivity index (χ1n) is 5.44. The Bertz CT molecular complexity index is 404. The molecule has 0 aliphatic carbocycles. The number of likely N-dealkylation sites (N-methyl/N-ethyl adjacent to an activating group) is 1. The SMILES string of the molecule is CN1C(=O)COc2ccc(CCCN)cc21. The molecule has 0 atom stereocenters. The Labute approximate surface area is 95.0 Å². The summed E-state index contributed by atoms with van der Waals surface area (Å²) in [5.41, 5.74) is 7.52. The minimum Gasteiger partial charge on any atom is -0.482 e. The molecule has 1 aliphatic heterocycles. The summed E-state index contributed by atoms with van der Waals surface area (Å²) in [6, 6.07) is 5.95. The summed E-state index contributed by atoms with van der Waals surface area (Å²) in [6.07, 6.45) is 1.89. The Morgan fingerprint density at radius 2 is 2.31 bits per heavy atom. The third-order valence-corrected chi connectivity index (χ3v) is 2.78. The molecule has 0 bridgehead atoms. The maximum absolute atomic E-state index is 11.5. The molecule has 86 valence electrons. The molecule has 0 spiro atoms. The van der Waals surface area contributed by atoms with Crippen LogP contribution in [0.4, 0.5) is 5.69 Å². The molecule has 1 heterocycles. The van der Waals surface area contributed by atoms with Gasteiger partial charge in [-0.2, -0.15) is 0 Å². The Kier molecular flexibility index (Phi) is 3.10. The lowest BCUT2D eigenvalue weighted by molar-refractivity contribution is -0.120. The molecule has 16 heavy (non-hydrogen) atoms. The molecule has 1 aromatic carbocycles. The van der Waals surface area contributed by atoms with E-state index in [1.807, 2.05) is 18.2 Å². The molecule has 1 aromatic rings.